The number of carbonyl (C=O) groups is 3. The van der Waals surface area contributed by atoms with E-state index in [4.69, 9.17) is 0 Å². The summed E-state index contributed by atoms with van der Waals surface area (Å²) >= 11 is 0. The zero-order chi connectivity index (χ0) is 24.5. The maximum absolute atomic E-state index is 13.6. The molecular weight excluding hydrogens is 416 g/mol. The first kappa shape index (κ1) is 27.6. The SMILES string of the molecule is CCC(CC)NC(=O)CC1CCN(C(=O)[C@H](CC(C)C)N2CCN[C@@H](CC(C)C)C2=O)CC1. The van der Waals surface area contributed by atoms with E-state index in [1.807, 2.05) is 9.80 Å². The van der Waals surface area contributed by atoms with Crippen LogP contribution in [0.15, 0.2) is 0 Å². The molecule has 0 aromatic heterocycles. The molecule has 7 nitrogen and oxygen atoms in total. The molecule has 190 valence electrons. The van der Waals surface area contributed by atoms with Gasteiger partial charge in [0.2, 0.25) is 17.7 Å². The molecule has 2 saturated heterocycles. The van der Waals surface area contributed by atoms with Gasteiger partial charge in [0.15, 0.2) is 0 Å². The highest BCUT2D eigenvalue weighted by Gasteiger charge is 2.39. The third-order valence-electron chi connectivity index (χ3n) is 7.14. The molecule has 0 unspecified atom stereocenters. The van der Waals surface area contributed by atoms with Crippen molar-refractivity contribution in [3.05, 3.63) is 0 Å². The third kappa shape index (κ3) is 8.27. The van der Waals surface area contributed by atoms with E-state index >= 15 is 0 Å². The van der Waals surface area contributed by atoms with Crippen LogP contribution in [0.4, 0.5) is 0 Å². The van der Waals surface area contributed by atoms with Crippen molar-refractivity contribution in [2.24, 2.45) is 17.8 Å². The Balaban J connectivity index is 1.97. The predicted molar refractivity (Wildman–Crippen MR) is 133 cm³/mol. The van der Waals surface area contributed by atoms with E-state index < -0.39 is 0 Å². The second-order valence-electron chi connectivity index (χ2n) is 10.9. The highest BCUT2D eigenvalue weighted by Crippen LogP contribution is 2.25. The maximum atomic E-state index is 13.6. The molecule has 33 heavy (non-hydrogen) atoms. The zero-order valence-electron chi connectivity index (χ0n) is 21.9. The first-order chi connectivity index (χ1) is 15.7. The number of piperazine rings is 1. The lowest BCUT2D eigenvalue weighted by atomic mass is 9.91. The summed E-state index contributed by atoms with van der Waals surface area (Å²) in [7, 11) is 0. The molecule has 2 aliphatic rings. The lowest BCUT2D eigenvalue weighted by Gasteiger charge is -2.42. The summed E-state index contributed by atoms with van der Waals surface area (Å²) in [5.41, 5.74) is 0. The Hall–Kier alpha value is -1.63. The molecule has 2 fully saturated rings. The molecule has 3 amide bonds. The lowest BCUT2D eigenvalue weighted by molar-refractivity contribution is -0.150. The predicted octanol–water partition coefficient (Wildman–Crippen LogP) is 3.18. The van der Waals surface area contributed by atoms with Crippen molar-refractivity contribution in [1.82, 2.24) is 20.4 Å². The van der Waals surface area contributed by atoms with Crippen LogP contribution in [0.2, 0.25) is 0 Å². The Morgan fingerprint density at radius 1 is 1.03 bits per heavy atom. The largest absolute Gasteiger partial charge is 0.353 e. The number of nitrogens with zero attached hydrogens (tertiary/aromatic N) is 2. The fourth-order valence-corrected chi connectivity index (χ4v) is 5.14. The number of nitrogens with one attached hydrogen (secondary N) is 2. The van der Waals surface area contributed by atoms with Crippen LogP contribution in [0.5, 0.6) is 0 Å². The second kappa shape index (κ2) is 13.3. The number of carbonyl (C=O) groups excluding carboxylic acids is 3. The van der Waals surface area contributed by atoms with Gasteiger partial charge in [0.25, 0.3) is 0 Å². The summed E-state index contributed by atoms with van der Waals surface area (Å²) in [5, 5.41) is 6.48. The number of piperidine rings is 1. The summed E-state index contributed by atoms with van der Waals surface area (Å²) < 4.78 is 0. The van der Waals surface area contributed by atoms with Crippen LogP contribution in [0.1, 0.15) is 86.5 Å². The van der Waals surface area contributed by atoms with Crippen molar-refractivity contribution in [2.45, 2.75) is 105 Å². The molecule has 0 bridgehead atoms. The van der Waals surface area contributed by atoms with Gasteiger partial charge in [-0.2, -0.15) is 0 Å². The quantitative estimate of drug-likeness (QED) is 0.492. The van der Waals surface area contributed by atoms with Gasteiger partial charge in [-0.05, 0) is 56.3 Å². The van der Waals surface area contributed by atoms with E-state index in [0.717, 1.165) is 38.6 Å². The van der Waals surface area contributed by atoms with Crippen molar-refractivity contribution < 1.29 is 14.4 Å². The molecule has 2 atom stereocenters. The standard InChI is InChI=1S/C26H48N4O3/c1-7-21(8-2)28-24(31)17-20-9-12-29(13-10-20)26(33)23(16-19(5)6)30-14-11-27-22(25(30)32)15-18(3)4/h18-23,27H,7-17H2,1-6H3,(H,28,31)/t22-,23-/m0/s1. The summed E-state index contributed by atoms with van der Waals surface area (Å²) in [5.74, 6) is 1.37. The van der Waals surface area contributed by atoms with Gasteiger partial charge in [-0.15, -0.1) is 0 Å². The normalized spacial score (nSPS) is 21.2. The Labute approximate surface area is 201 Å². The van der Waals surface area contributed by atoms with E-state index in [2.05, 4.69) is 52.2 Å². The van der Waals surface area contributed by atoms with Gasteiger partial charge in [0, 0.05) is 38.6 Å². The summed E-state index contributed by atoms with van der Waals surface area (Å²) in [6.45, 7) is 15.3. The molecule has 0 radical (unpaired) electrons. The maximum Gasteiger partial charge on any atom is 0.245 e. The minimum atomic E-state index is -0.385. The van der Waals surface area contributed by atoms with Gasteiger partial charge < -0.3 is 20.4 Å². The van der Waals surface area contributed by atoms with Crippen LogP contribution in [-0.4, -0.2) is 71.8 Å². The fourth-order valence-electron chi connectivity index (χ4n) is 5.14. The Morgan fingerprint density at radius 3 is 2.21 bits per heavy atom. The highest BCUT2D eigenvalue weighted by atomic mass is 16.2. The van der Waals surface area contributed by atoms with Crippen molar-refractivity contribution in [3.63, 3.8) is 0 Å². The van der Waals surface area contributed by atoms with Gasteiger partial charge in [0.05, 0.1) is 6.04 Å². The molecule has 2 N–H and O–H groups in total. The second-order valence-corrected chi connectivity index (χ2v) is 10.9. The number of rotatable bonds is 11. The average molecular weight is 465 g/mol. The summed E-state index contributed by atoms with van der Waals surface area (Å²) in [4.78, 5) is 43.0. The average Bonchev–Trinajstić information content (AvgIpc) is 2.77. The molecule has 2 aliphatic heterocycles. The van der Waals surface area contributed by atoms with Crippen molar-refractivity contribution in [1.29, 1.82) is 0 Å². The van der Waals surface area contributed by atoms with Crippen LogP contribution >= 0.6 is 0 Å². The van der Waals surface area contributed by atoms with E-state index in [-0.39, 0.29) is 35.8 Å². The third-order valence-corrected chi connectivity index (χ3v) is 7.14. The van der Waals surface area contributed by atoms with Crippen LogP contribution in [-0.2, 0) is 14.4 Å². The molecule has 0 aromatic carbocycles. The molecule has 0 aromatic rings. The van der Waals surface area contributed by atoms with E-state index in [1.54, 1.807) is 0 Å². The number of hydrogen-bond donors (Lipinski definition) is 2. The van der Waals surface area contributed by atoms with Crippen LogP contribution in [0.3, 0.4) is 0 Å². The molecule has 0 saturated carbocycles. The van der Waals surface area contributed by atoms with Gasteiger partial charge in [-0.25, -0.2) is 0 Å². The monoisotopic (exact) mass is 464 g/mol. The molecule has 0 aliphatic carbocycles. The number of likely N-dealkylation sites (tertiary alicyclic amines) is 1. The minimum absolute atomic E-state index is 0.0712. The van der Waals surface area contributed by atoms with Crippen molar-refractivity contribution in [3.8, 4) is 0 Å². The van der Waals surface area contributed by atoms with Crippen LogP contribution in [0.25, 0.3) is 0 Å². The molecule has 7 heteroatoms. The minimum Gasteiger partial charge on any atom is -0.353 e. The van der Waals surface area contributed by atoms with Crippen LogP contribution in [0, 0.1) is 17.8 Å². The first-order valence-electron chi connectivity index (χ1n) is 13.3. The Morgan fingerprint density at radius 2 is 1.67 bits per heavy atom. The van der Waals surface area contributed by atoms with Gasteiger partial charge >= 0.3 is 0 Å². The van der Waals surface area contributed by atoms with Gasteiger partial charge in [0.1, 0.15) is 6.04 Å². The van der Waals surface area contributed by atoms with E-state index in [9.17, 15) is 14.4 Å². The van der Waals surface area contributed by atoms with Gasteiger partial charge in [-0.1, -0.05) is 41.5 Å². The highest BCUT2D eigenvalue weighted by molar-refractivity contribution is 5.90. The zero-order valence-corrected chi connectivity index (χ0v) is 21.9. The van der Waals surface area contributed by atoms with E-state index in [0.29, 0.717) is 50.2 Å². The van der Waals surface area contributed by atoms with E-state index in [1.165, 1.54) is 0 Å². The Bertz CT molecular complexity index is 639. The van der Waals surface area contributed by atoms with Crippen molar-refractivity contribution in [2.75, 3.05) is 26.2 Å². The van der Waals surface area contributed by atoms with Crippen molar-refractivity contribution >= 4 is 17.7 Å². The first-order valence-corrected chi connectivity index (χ1v) is 13.3. The number of hydrogen-bond acceptors (Lipinski definition) is 4. The number of amides is 3. The molecule has 2 heterocycles. The fraction of sp³-hybridized carbons (Fsp3) is 0.885. The Kier molecular flexibility index (Phi) is 11.1. The molecule has 2 rings (SSSR count). The molecule has 0 spiro atoms. The topological polar surface area (TPSA) is 81.8 Å². The van der Waals surface area contributed by atoms with Gasteiger partial charge in [-0.3, -0.25) is 14.4 Å². The molecular formula is C26H48N4O3. The summed E-state index contributed by atoms with van der Waals surface area (Å²) in [6, 6.07) is -0.323. The smallest absolute Gasteiger partial charge is 0.245 e. The lowest BCUT2D eigenvalue weighted by Crippen LogP contribution is -2.62. The summed E-state index contributed by atoms with van der Waals surface area (Å²) in [6.07, 6.45) is 5.63. The van der Waals surface area contributed by atoms with Crippen LogP contribution < -0.4 is 10.6 Å².